The smallest absolute Gasteiger partial charge is 0.397 e. The standard InChI is InChI=1S/C63H104O12S/c1-3-5-7-9-11-13-15-17-19-21-23-25-27-28-29-31-33-35-37-39-41-43-45-47-49-51-53-71-55-57(56-72-63-61(67)62(75-76(68,69)70)60(66)58(54-64)74-63)73-59(65)52-50-48-46-44-42-40-38-36-34-32-30-26-24-22-20-18-16-14-12-10-8-6-4-2/h5,7,11,13,16-19,22-25,28-30,32-33,35,39,41,57-58,60-64,66-67H,3-4,6,8-10,12,14-15,20-21,26-27,31,34,36-38,40,42-56H2,1-2H3,(H,68,69,70)/b7-5-,13-11-,18-16-,19-17-,24-22-,25-23-,29-28-,32-30-,35-33-,41-39-. The molecular formula is C63H104O12S. The van der Waals surface area contributed by atoms with E-state index in [0.717, 1.165) is 116 Å². The molecule has 1 rings (SSSR count). The summed E-state index contributed by atoms with van der Waals surface area (Å²) in [4.78, 5) is 13.0. The van der Waals surface area contributed by atoms with Crippen LogP contribution in [-0.2, 0) is 38.3 Å². The van der Waals surface area contributed by atoms with Crippen LogP contribution in [0.5, 0.6) is 0 Å². The van der Waals surface area contributed by atoms with Gasteiger partial charge in [-0.05, 0) is 109 Å². The highest BCUT2D eigenvalue weighted by Crippen LogP contribution is 2.26. The number of esters is 1. The largest absolute Gasteiger partial charge is 0.457 e. The number of allylic oxidation sites excluding steroid dienone is 20. The third kappa shape index (κ3) is 44.5. The van der Waals surface area contributed by atoms with Gasteiger partial charge in [0.1, 0.15) is 30.5 Å². The first-order chi connectivity index (χ1) is 37.1. The van der Waals surface area contributed by atoms with Gasteiger partial charge < -0.3 is 34.3 Å². The Morgan fingerprint density at radius 2 is 0.908 bits per heavy atom. The Morgan fingerprint density at radius 3 is 1.33 bits per heavy atom. The number of aliphatic hydroxyl groups is 3. The van der Waals surface area contributed by atoms with Gasteiger partial charge in [0.2, 0.25) is 0 Å². The Balaban J connectivity index is 2.35. The summed E-state index contributed by atoms with van der Waals surface area (Å²) >= 11 is 0. The first-order valence-electron chi connectivity index (χ1n) is 29.3. The molecule has 6 atom stereocenters. The molecule has 12 nitrogen and oxygen atoms in total. The number of hydrogen-bond donors (Lipinski definition) is 4. The van der Waals surface area contributed by atoms with Gasteiger partial charge in [-0.1, -0.05) is 212 Å². The average molecular weight is 1090 g/mol. The number of hydrogen-bond acceptors (Lipinski definition) is 11. The van der Waals surface area contributed by atoms with Crippen molar-refractivity contribution < 1.29 is 56.2 Å². The summed E-state index contributed by atoms with van der Waals surface area (Å²) < 4.78 is 59.4. The van der Waals surface area contributed by atoms with Crippen LogP contribution in [0, 0.1) is 0 Å². The van der Waals surface area contributed by atoms with Gasteiger partial charge in [-0.15, -0.1) is 0 Å². The van der Waals surface area contributed by atoms with Crippen LogP contribution < -0.4 is 0 Å². The molecule has 0 saturated carbocycles. The minimum Gasteiger partial charge on any atom is -0.457 e. The van der Waals surface area contributed by atoms with E-state index in [0.29, 0.717) is 13.0 Å². The normalized spacial score (nSPS) is 19.5. The Morgan fingerprint density at radius 1 is 0.513 bits per heavy atom. The van der Waals surface area contributed by atoms with Crippen LogP contribution in [0.1, 0.15) is 206 Å². The third-order valence-corrected chi connectivity index (χ3v) is 13.0. The molecule has 1 heterocycles. The average Bonchev–Trinajstić information content (AvgIpc) is 3.40. The van der Waals surface area contributed by atoms with Crippen LogP contribution in [-0.4, -0.2) is 97.5 Å². The molecule has 1 fully saturated rings. The molecule has 0 aromatic rings. The van der Waals surface area contributed by atoms with Crippen LogP contribution in [0.2, 0.25) is 0 Å². The van der Waals surface area contributed by atoms with E-state index in [1.165, 1.54) is 64.2 Å². The quantitative estimate of drug-likeness (QED) is 0.0196. The van der Waals surface area contributed by atoms with Gasteiger partial charge in [0.15, 0.2) is 6.29 Å². The van der Waals surface area contributed by atoms with E-state index in [2.05, 4.69) is 140 Å². The topological polar surface area (TPSA) is 178 Å². The van der Waals surface area contributed by atoms with Crippen molar-refractivity contribution in [3.63, 3.8) is 0 Å². The first-order valence-corrected chi connectivity index (χ1v) is 30.7. The second-order valence-electron chi connectivity index (χ2n) is 19.5. The predicted octanol–water partition coefficient (Wildman–Crippen LogP) is 14.9. The Labute approximate surface area is 461 Å². The molecule has 4 N–H and O–H groups in total. The Bertz CT molecular complexity index is 1780. The van der Waals surface area contributed by atoms with Crippen LogP contribution in [0.4, 0.5) is 0 Å². The maximum Gasteiger partial charge on any atom is 0.397 e. The monoisotopic (exact) mass is 1080 g/mol. The number of rotatable bonds is 50. The molecule has 1 aliphatic heterocycles. The van der Waals surface area contributed by atoms with Crippen LogP contribution in [0.25, 0.3) is 0 Å². The van der Waals surface area contributed by atoms with Crippen molar-refractivity contribution in [2.75, 3.05) is 26.4 Å². The minimum atomic E-state index is -5.08. The van der Waals surface area contributed by atoms with Gasteiger partial charge in [-0.3, -0.25) is 9.35 Å². The van der Waals surface area contributed by atoms with Crippen molar-refractivity contribution in [3.05, 3.63) is 122 Å². The minimum absolute atomic E-state index is 0.00689. The van der Waals surface area contributed by atoms with Gasteiger partial charge in [-0.25, -0.2) is 4.18 Å². The molecule has 0 bridgehead atoms. The molecule has 0 spiro atoms. The van der Waals surface area contributed by atoms with Gasteiger partial charge in [-0.2, -0.15) is 8.42 Å². The van der Waals surface area contributed by atoms with Gasteiger partial charge in [0.05, 0.1) is 19.8 Å². The lowest BCUT2D eigenvalue weighted by molar-refractivity contribution is -0.301. The van der Waals surface area contributed by atoms with Crippen molar-refractivity contribution in [3.8, 4) is 0 Å². The maximum atomic E-state index is 13.0. The summed E-state index contributed by atoms with van der Waals surface area (Å²) in [6, 6.07) is 0. The number of unbranched alkanes of at least 4 members (excludes halogenated alkanes) is 17. The van der Waals surface area contributed by atoms with E-state index in [4.69, 9.17) is 18.9 Å². The summed E-state index contributed by atoms with van der Waals surface area (Å²) in [5.41, 5.74) is 0. The highest BCUT2D eigenvalue weighted by molar-refractivity contribution is 7.80. The zero-order valence-corrected chi connectivity index (χ0v) is 47.8. The van der Waals surface area contributed by atoms with Gasteiger partial charge >= 0.3 is 16.4 Å². The maximum absolute atomic E-state index is 13.0. The molecule has 1 saturated heterocycles. The van der Waals surface area contributed by atoms with Crippen molar-refractivity contribution in [1.82, 2.24) is 0 Å². The SMILES string of the molecule is CC/C=C\C/C=C\C/C=C\C/C=C\C/C=C\C/C=C\C/C=C\CCCCCCOCC(COC1OC(CO)C(O)C(OS(=O)(=O)O)C1O)OC(=O)CCCCCCCCCC/C=C\C/C=C\C/C=C\CCCCCCC. The molecule has 0 amide bonds. The predicted molar refractivity (Wildman–Crippen MR) is 312 cm³/mol. The second-order valence-corrected chi connectivity index (χ2v) is 20.5. The fourth-order valence-electron chi connectivity index (χ4n) is 8.19. The third-order valence-electron chi connectivity index (χ3n) is 12.6. The number of carbonyl (C=O) groups is 1. The lowest BCUT2D eigenvalue weighted by Crippen LogP contribution is -2.60. The van der Waals surface area contributed by atoms with Crippen LogP contribution in [0.3, 0.4) is 0 Å². The lowest BCUT2D eigenvalue weighted by Gasteiger charge is -2.41. The molecule has 13 heteroatoms. The molecule has 0 radical (unpaired) electrons. The van der Waals surface area contributed by atoms with E-state index in [9.17, 15) is 33.1 Å². The Kier molecular flexibility index (Phi) is 48.4. The molecular weight excluding hydrogens is 981 g/mol. The van der Waals surface area contributed by atoms with Crippen molar-refractivity contribution in [2.24, 2.45) is 0 Å². The Hall–Kier alpha value is -3.50. The lowest BCUT2D eigenvalue weighted by atomic mass is 9.99. The number of ether oxygens (including phenoxy) is 4. The molecule has 434 valence electrons. The summed E-state index contributed by atoms with van der Waals surface area (Å²) in [6.07, 6.45) is 66.5. The fraction of sp³-hybridized carbons (Fsp3) is 0.667. The second kappa shape index (κ2) is 52.2. The summed E-state index contributed by atoms with van der Waals surface area (Å²) in [5.74, 6) is -0.420. The highest BCUT2D eigenvalue weighted by Gasteiger charge is 2.48. The molecule has 1 aliphatic rings. The van der Waals surface area contributed by atoms with Crippen molar-refractivity contribution >= 4 is 16.4 Å². The van der Waals surface area contributed by atoms with Gasteiger partial charge in [0.25, 0.3) is 0 Å². The van der Waals surface area contributed by atoms with Crippen molar-refractivity contribution in [2.45, 2.75) is 243 Å². The summed E-state index contributed by atoms with van der Waals surface area (Å²) in [5, 5.41) is 30.9. The fourth-order valence-corrected chi connectivity index (χ4v) is 8.70. The summed E-state index contributed by atoms with van der Waals surface area (Å²) in [7, 11) is -5.08. The number of aliphatic hydroxyl groups excluding tert-OH is 3. The van der Waals surface area contributed by atoms with E-state index < -0.39 is 59.8 Å². The van der Waals surface area contributed by atoms with Crippen LogP contribution in [0.15, 0.2) is 122 Å². The van der Waals surface area contributed by atoms with E-state index >= 15 is 0 Å². The molecule has 0 aromatic heterocycles. The molecule has 0 aliphatic carbocycles. The number of carbonyl (C=O) groups excluding carboxylic acids is 1. The first kappa shape index (κ1) is 70.5. The molecule has 6 unspecified atom stereocenters. The summed E-state index contributed by atoms with van der Waals surface area (Å²) in [6.45, 7) is 3.79. The van der Waals surface area contributed by atoms with E-state index in [1.807, 2.05) is 0 Å². The zero-order chi connectivity index (χ0) is 55.3. The van der Waals surface area contributed by atoms with E-state index in [-0.39, 0.29) is 19.6 Å². The van der Waals surface area contributed by atoms with Crippen LogP contribution >= 0.6 is 0 Å². The zero-order valence-electron chi connectivity index (χ0n) is 47.0. The van der Waals surface area contributed by atoms with Gasteiger partial charge in [0, 0.05) is 13.0 Å². The molecule has 0 aromatic carbocycles. The van der Waals surface area contributed by atoms with E-state index in [1.54, 1.807) is 0 Å². The highest BCUT2D eigenvalue weighted by atomic mass is 32.3. The van der Waals surface area contributed by atoms with Crippen molar-refractivity contribution in [1.29, 1.82) is 0 Å². The molecule has 76 heavy (non-hydrogen) atoms.